The lowest BCUT2D eigenvalue weighted by Gasteiger charge is -2.29. The molecule has 1 heterocycles. The van der Waals surface area contributed by atoms with Crippen LogP contribution in [-0.2, 0) is 4.74 Å². The van der Waals surface area contributed by atoms with Gasteiger partial charge in [-0.15, -0.1) is 0 Å². The SMILES string of the molecule is CCCC1CCC(c2ccc(OCC(F)CC3CCCCO3)c(F)c2F)CC1. The third-order valence-electron chi connectivity index (χ3n) is 6.27. The molecular formula is C23H33F3O2. The van der Waals surface area contributed by atoms with E-state index < -0.39 is 17.8 Å². The fraction of sp³-hybridized carbons (Fsp3) is 0.739. The van der Waals surface area contributed by atoms with Gasteiger partial charge in [-0.3, -0.25) is 0 Å². The molecule has 0 spiro atoms. The van der Waals surface area contributed by atoms with E-state index in [2.05, 4.69) is 6.92 Å². The second kappa shape index (κ2) is 10.5. The molecular weight excluding hydrogens is 365 g/mol. The number of hydrogen-bond acceptors (Lipinski definition) is 2. The van der Waals surface area contributed by atoms with Gasteiger partial charge >= 0.3 is 0 Å². The molecule has 158 valence electrons. The third-order valence-corrected chi connectivity index (χ3v) is 6.27. The molecule has 2 atom stereocenters. The van der Waals surface area contributed by atoms with E-state index in [1.165, 1.54) is 18.9 Å². The Labute approximate surface area is 166 Å². The summed E-state index contributed by atoms with van der Waals surface area (Å²) < 4.78 is 54.0. The molecule has 2 unspecified atom stereocenters. The van der Waals surface area contributed by atoms with Crippen molar-refractivity contribution >= 4 is 0 Å². The van der Waals surface area contributed by atoms with E-state index in [0.29, 0.717) is 18.1 Å². The van der Waals surface area contributed by atoms with Gasteiger partial charge in [-0.25, -0.2) is 8.78 Å². The van der Waals surface area contributed by atoms with Crippen LogP contribution in [0.2, 0.25) is 0 Å². The lowest BCUT2D eigenvalue weighted by molar-refractivity contribution is -0.00762. The Balaban J connectivity index is 1.53. The Morgan fingerprint density at radius 3 is 2.54 bits per heavy atom. The number of ether oxygens (including phenoxy) is 2. The Morgan fingerprint density at radius 2 is 1.86 bits per heavy atom. The van der Waals surface area contributed by atoms with Gasteiger partial charge in [-0.05, 0) is 68.4 Å². The minimum absolute atomic E-state index is 0.0639. The van der Waals surface area contributed by atoms with Gasteiger partial charge in [0.15, 0.2) is 11.6 Å². The highest BCUT2D eigenvalue weighted by atomic mass is 19.2. The maximum absolute atomic E-state index is 14.6. The van der Waals surface area contributed by atoms with E-state index >= 15 is 0 Å². The van der Waals surface area contributed by atoms with Crippen LogP contribution in [0, 0.1) is 17.6 Å². The molecule has 1 aromatic rings. The van der Waals surface area contributed by atoms with Crippen LogP contribution in [0.4, 0.5) is 13.2 Å². The molecule has 1 saturated heterocycles. The second-order valence-corrected chi connectivity index (χ2v) is 8.42. The van der Waals surface area contributed by atoms with Crippen LogP contribution in [0.1, 0.15) is 82.6 Å². The molecule has 0 amide bonds. The van der Waals surface area contributed by atoms with Crippen molar-refractivity contribution in [3.8, 4) is 5.75 Å². The van der Waals surface area contributed by atoms with Crippen LogP contribution < -0.4 is 4.74 Å². The first-order valence-electron chi connectivity index (χ1n) is 10.9. The summed E-state index contributed by atoms with van der Waals surface area (Å²) in [5.41, 5.74) is 0.437. The largest absolute Gasteiger partial charge is 0.487 e. The summed E-state index contributed by atoms with van der Waals surface area (Å²) in [6.45, 7) is 2.57. The monoisotopic (exact) mass is 398 g/mol. The average Bonchev–Trinajstić information content (AvgIpc) is 2.71. The molecule has 2 nitrogen and oxygen atoms in total. The Hall–Kier alpha value is -1.23. The summed E-state index contributed by atoms with van der Waals surface area (Å²) in [7, 11) is 0. The molecule has 0 bridgehead atoms. The summed E-state index contributed by atoms with van der Waals surface area (Å²) in [6, 6.07) is 3.08. The summed E-state index contributed by atoms with van der Waals surface area (Å²) in [5, 5.41) is 0. The van der Waals surface area contributed by atoms with Crippen molar-refractivity contribution in [3.63, 3.8) is 0 Å². The van der Waals surface area contributed by atoms with Gasteiger partial charge in [-0.1, -0.05) is 25.8 Å². The normalized spacial score (nSPS) is 26.8. The molecule has 1 aliphatic heterocycles. The van der Waals surface area contributed by atoms with Gasteiger partial charge in [-0.2, -0.15) is 4.39 Å². The number of halogens is 3. The third kappa shape index (κ3) is 5.65. The lowest BCUT2D eigenvalue weighted by atomic mass is 9.77. The van der Waals surface area contributed by atoms with Crippen molar-refractivity contribution in [2.24, 2.45) is 5.92 Å². The fourth-order valence-corrected chi connectivity index (χ4v) is 4.67. The van der Waals surface area contributed by atoms with E-state index in [4.69, 9.17) is 9.47 Å². The van der Waals surface area contributed by atoms with Crippen molar-refractivity contribution in [1.29, 1.82) is 0 Å². The van der Waals surface area contributed by atoms with E-state index in [1.54, 1.807) is 6.07 Å². The van der Waals surface area contributed by atoms with Crippen molar-refractivity contribution in [1.82, 2.24) is 0 Å². The maximum Gasteiger partial charge on any atom is 0.200 e. The average molecular weight is 399 g/mol. The molecule has 2 aliphatic rings. The van der Waals surface area contributed by atoms with Crippen molar-refractivity contribution < 1.29 is 22.6 Å². The molecule has 3 rings (SSSR count). The van der Waals surface area contributed by atoms with Crippen molar-refractivity contribution in [2.45, 2.75) is 89.3 Å². The Kier molecular flexibility index (Phi) is 8.07. The molecule has 0 aromatic heterocycles. The Morgan fingerprint density at radius 1 is 1.07 bits per heavy atom. The first-order valence-corrected chi connectivity index (χ1v) is 10.9. The lowest BCUT2D eigenvalue weighted by Crippen LogP contribution is -2.26. The van der Waals surface area contributed by atoms with Crippen molar-refractivity contribution in [2.75, 3.05) is 13.2 Å². The van der Waals surface area contributed by atoms with Crippen LogP contribution in [0.5, 0.6) is 5.75 Å². The summed E-state index contributed by atoms with van der Waals surface area (Å²) >= 11 is 0. The molecule has 1 aromatic carbocycles. The molecule has 0 N–H and O–H groups in total. The number of benzene rings is 1. The molecule has 2 fully saturated rings. The van der Waals surface area contributed by atoms with Gasteiger partial charge < -0.3 is 9.47 Å². The molecule has 5 heteroatoms. The fourth-order valence-electron chi connectivity index (χ4n) is 4.67. The van der Waals surface area contributed by atoms with E-state index in [9.17, 15) is 13.2 Å². The molecule has 0 radical (unpaired) electrons. The summed E-state index contributed by atoms with van der Waals surface area (Å²) in [5.74, 6) is -1.25. The quantitative estimate of drug-likeness (QED) is 0.484. The maximum atomic E-state index is 14.6. The predicted molar refractivity (Wildman–Crippen MR) is 105 cm³/mol. The zero-order chi connectivity index (χ0) is 19.9. The van der Waals surface area contributed by atoms with Crippen molar-refractivity contribution in [3.05, 3.63) is 29.3 Å². The summed E-state index contributed by atoms with van der Waals surface area (Å²) in [4.78, 5) is 0. The van der Waals surface area contributed by atoms with E-state index in [1.807, 2.05) is 0 Å². The van der Waals surface area contributed by atoms with Crippen LogP contribution in [0.15, 0.2) is 12.1 Å². The first-order chi connectivity index (χ1) is 13.6. The molecule has 1 aliphatic carbocycles. The van der Waals surface area contributed by atoms with Crippen LogP contribution in [0.3, 0.4) is 0 Å². The van der Waals surface area contributed by atoms with Crippen LogP contribution in [0.25, 0.3) is 0 Å². The minimum atomic E-state index is -1.25. The molecule has 1 saturated carbocycles. The smallest absolute Gasteiger partial charge is 0.200 e. The number of hydrogen-bond donors (Lipinski definition) is 0. The van der Waals surface area contributed by atoms with Gasteiger partial charge in [0.05, 0.1) is 6.10 Å². The number of alkyl halides is 1. The zero-order valence-corrected chi connectivity index (χ0v) is 16.9. The van der Waals surface area contributed by atoms with Crippen LogP contribution in [-0.4, -0.2) is 25.5 Å². The topological polar surface area (TPSA) is 18.5 Å². The zero-order valence-electron chi connectivity index (χ0n) is 16.9. The summed E-state index contributed by atoms with van der Waals surface area (Å²) in [6.07, 6.45) is 8.13. The predicted octanol–water partition coefficient (Wildman–Crippen LogP) is 6.71. The first kappa shape index (κ1) is 21.5. The van der Waals surface area contributed by atoms with E-state index in [-0.39, 0.29) is 30.8 Å². The highest BCUT2D eigenvalue weighted by Crippen LogP contribution is 2.39. The molecule has 28 heavy (non-hydrogen) atoms. The van der Waals surface area contributed by atoms with Gasteiger partial charge in [0.1, 0.15) is 12.8 Å². The van der Waals surface area contributed by atoms with E-state index in [0.717, 1.165) is 44.9 Å². The van der Waals surface area contributed by atoms with Gasteiger partial charge in [0.25, 0.3) is 0 Å². The highest BCUT2D eigenvalue weighted by Gasteiger charge is 2.27. The Bertz CT molecular complexity index is 608. The van der Waals surface area contributed by atoms with Gasteiger partial charge in [0, 0.05) is 13.0 Å². The second-order valence-electron chi connectivity index (χ2n) is 8.42. The number of rotatable bonds is 8. The standard InChI is InChI=1S/C23H33F3O2/c1-2-5-16-7-9-17(10-8-16)20-11-12-21(23(26)22(20)25)28-15-18(24)14-19-6-3-4-13-27-19/h11-12,16-19H,2-10,13-15H2,1H3. The van der Waals surface area contributed by atoms with Gasteiger partial charge in [0.2, 0.25) is 5.82 Å². The highest BCUT2D eigenvalue weighted by molar-refractivity contribution is 5.33. The van der Waals surface area contributed by atoms with Crippen LogP contribution >= 0.6 is 0 Å². The minimum Gasteiger partial charge on any atom is -0.487 e.